The molecule has 2 heterocycles. The van der Waals surface area contributed by atoms with E-state index in [-0.39, 0.29) is 5.91 Å². The molecule has 0 aliphatic carbocycles. The molecule has 0 saturated heterocycles. The number of benzene rings is 1. The quantitative estimate of drug-likeness (QED) is 0.764. The van der Waals surface area contributed by atoms with E-state index in [1.54, 1.807) is 12.3 Å². The van der Waals surface area contributed by atoms with Gasteiger partial charge in [0.05, 0.1) is 6.42 Å². The second-order valence-electron chi connectivity index (χ2n) is 4.81. The van der Waals surface area contributed by atoms with Gasteiger partial charge in [-0.15, -0.1) is 0 Å². The number of hydrogen-bond donors (Lipinski definition) is 2. The highest BCUT2D eigenvalue weighted by atomic mass is 16.1. The molecule has 100 valence electrons. The van der Waals surface area contributed by atoms with Gasteiger partial charge < -0.3 is 10.3 Å². The molecule has 3 rings (SSSR count). The fraction of sp³-hybridized carbons (Fsp3) is 0.125. The molecule has 0 unspecified atom stereocenters. The third kappa shape index (κ3) is 2.69. The number of nitrogens with one attached hydrogen (secondary N) is 2. The van der Waals surface area contributed by atoms with Gasteiger partial charge in [0.2, 0.25) is 5.91 Å². The first-order valence-electron chi connectivity index (χ1n) is 6.50. The van der Waals surface area contributed by atoms with E-state index in [1.165, 1.54) is 0 Å². The van der Waals surface area contributed by atoms with Gasteiger partial charge in [0, 0.05) is 17.4 Å². The molecule has 1 aromatic carbocycles. The Morgan fingerprint density at radius 2 is 2.15 bits per heavy atom. The fourth-order valence-corrected chi connectivity index (χ4v) is 2.25. The molecule has 2 N–H and O–H groups in total. The first kappa shape index (κ1) is 12.4. The first-order chi connectivity index (χ1) is 9.70. The number of anilines is 1. The Hall–Kier alpha value is -2.62. The molecular weight excluding hydrogens is 250 g/mol. The zero-order valence-electron chi connectivity index (χ0n) is 11.2. The van der Waals surface area contributed by atoms with Gasteiger partial charge in [0.25, 0.3) is 0 Å². The van der Waals surface area contributed by atoms with Crippen molar-refractivity contribution < 1.29 is 4.79 Å². The Balaban J connectivity index is 1.74. The largest absolute Gasteiger partial charge is 0.359 e. The predicted octanol–water partition coefficient (Wildman–Crippen LogP) is 3.05. The molecular formula is C16H15N3O. The Morgan fingerprint density at radius 1 is 1.25 bits per heavy atom. The van der Waals surface area contributed by atoms with Crippen LogP contribution < -0.4 is 5.32 Å². The molecule has 3 aromatic rings. The topological polar surface area (TPSA) is 57.8 Å². The highest BCUT2D eigenvalue weighted by Gasteiger charge is 2.06. The molecule has 0 fully saturated rings. The Labute approximate surface area is 116 Å². The number of nitrogens with zero attached hydrogens (tertiary/aromatic N) is 1. The van der Waals surface area contributed by atoms with Crippen molar-refractivity contribution >= 4 is 22.6 Å². The van der Waals surface area contributed by atoms with E-state index in [0.29, 0.717) is 12.2 Å². The summed E-state index contributed by atoms with van der Waals surface area (Å²) < 4.78 is 0. The van der Waals surface area contributed by atoms with Crippen molar-refractivity contribution in [1.82, 2.24) is 9.97 Å². The average Bonchev–Trinajstić information content (AvgIpc) is 2.79. The van der Waals surface area contributed by atoms with Crippen LogP contribution in [-0.4, -0.2) is 15.9 Å². The van der Waals surface area contributed by atoms with Gasteiger partial charge in [-0.1, -0.05) is 12.1 Å². The van der Waals surface area contributed by atoms with E-state index in [2.05, 4.69) is 21.4 Å². The zero-order chi connectivity index (χ0) is 13.9. The highest BCUT2D eigenvalue weighted by molar-refractivity contribution is 5.92. The number of H-pyrrole nitrogens is 1. The SMILES string of the molecule is Cc1cc2cc(CC(=O)Nc3ccccn3)ccc2[nH]1. The van der Waals surface area contributed by atoms with Crippen molar-refractivity contribution in [2.24, 2.45) is 0 Å². The van der Waals surface area contributed by atoms with Crippen molar-refractivity contribution in [3.05, 3.63) is 59.9 Å². The summed E-state index contributed by atoms with van der Waals surface area (Å²) >= 11 is 0. The van der Waals surface area contributed by atoms with Gasteiger partial charge in [-0.3, -0.25) is 4.79 Å². The molecule has 2 aromatic heterocycles. The molecule has 0 atom stereocenters. The lowest BCUT2D eigenvalue weighted by molar-refractivity contribution is -0.115. The van der Waals surface area contributed by atoms with Gasteiger partial charge in [0.1, 0.15) is 5.82 Å². The molecule has 0 saturated carbocycles. The van der Waals surface area contributed by atoms with Crippen molar-refractivity contribution in [2.45, 2.75) is 13.3 Å². The lowest BCUT2D eigenvalue weighted by atomic mass is 10.1. The molecule has 0 spiro atoms. The lowest BCUT2D eigenvalue weighted by Gasteiger charge is -2.04. The van der Waals surface area contributed by atoms with E-state index in [0.717, 1.165) is 22.2 Å². The summed E-state index contributed by atoms with van der Waals surface area (Å²) in [5, 5.41) is 3.92. The third-order valence-electron chi connectivity index (χ3n) is 3.12. The number of aryl methyl sites for hydroxylation is 1. The standard InChI is InChI=1S/C16H15N3O/c1-11-8-13-9-12(5-6-14(13)18-11)10-16(20)19-15-4-2-3-7-17-15/h2-9,18H,10H2,1H3,(H,17,19,20). The van der Waals surface area contributed by atoms with Crippen LogP contribution in [-0.2, 0) is 11.2 Å². The smallest absolute Gasteiger partial charge is 0.229 e. The van der Waals surface area contributed by atoms with Gasteiger partial charge in [-0.25, -0.2) is 4.98 Å². The van der Waals surface area contributed by atoms with Gasteiger partial charge in [-0.05, 0) is 48.2 Å². The maximum Gasteiger partial charge on any atom is 0.229 e. The van der Waals surface area contributed by atoms with Crippen LogP contribution in [0, 0.1) is 6.92 Å². The van der Waals surface area contributed by atoms with Crippen LogP contribution in [0.4, 0.5) is 5.82 Å². The molecule has 0 bridgehead atoms. The van der Waals surface area contributed by atoms with E-state index in [9.17, 15) is 4.79 Å². The minimum atomic E-state index is -0.0599. The molecule has 1 amide bonds. The number of rotatable bonds is 3. The summed E-state index contributed by atoms with van der Waals surface area (Å²) in [6.45, 7) is 2.02. The van der Waals surface area contributed by atoms with Gasteiger partial charge in [-0.2, -0.15) is 0 Å². The van der Waals surface area contributed by atoms with Crippen LogP contribution in [0.15, 0.2) is 48.7 Å². The van der Waals surface area contributed by atoms with Crippen LogP contribution in [0.2, 0.25) is 0 Å². The van der Waals surface area contributed by atoms with Gasteiger partial charge in [0.15, 0.2) is 0 Å². The van der Waals surface area contributed by atoms with E-state index in [1.807, 2.05) is 37.3 Å². The van der Waals surface area contributed by atoms with E-state index < -0.39 is 0 Å². The number of pyridine rings is 1. The number of aromatic nitrogens is 2. The van der Waals surface area contributed by atoms with Gasteiger partial charge >= 0.3 is 0 Å². The van der Waals surface area contributed by atoms with Crippen LogP contribution in [0.1, 0.15) is 11.3 Å². The van der Waals surface area contributed by atoms with Crippen LogP contribution in [0.5, 0.6) is 0 Å². The maximum absolute atomic E-state index is 12.0. The summed E-state index contributed by atoms with van der Waals surface area (Å²) in [5.74, 6) is 0.520. The summed E-state index contributed by atoms with van der Waals surface area (Å²) in [6, 6.07) is 13.5. The zero-order valence-corrected chi connectivity index (χ0v) is 11.2. The number of fused-ring (bicyclic) bond motifs is 1. The molecule has 4 nitrogen and oxygen atoms in total. The minimum absolute atomic E-state index is 0.0599. The number of hydrogen-bond acceptors (Lipinski definition) is 2. The van der Waals surface area contributed by atoms with Crippen molar-refractivity contribution in [3.63, 3.8) is 0 Å². The van der Waals surface area contributed by atoms with Crippen LogP contribution >= 0.6 is 0 Å². The molecule has 0 radical (unpaired) electrons. The molecule has 0 aliphatic heterocycles. The van der Waals surface area contributed by atoms with Crippen molar-refractivity contribution in [1.29, 1.82) is 0 Å². The van der Waals surface area contributed by atoms with Crippen molar-refractivity contribution in [3.8, 4) is 0 Å². The monoisotopic (exact) mass is 265 g/mol. The maximum atomic E-state index is 12.0. The van der Waals surface area contributed by atoms with E-state index >= 15 is 0 Å². The van der Waals surface area contributed by atoms with E-state index in [4.69, 9.17) is 0 Å². The Bertz CT molecular complexity index is 747. The fourth-order valence-electron chi connectivity index (χ4n) is 2.25. The number of amides is 1. The summed E-state index contributed by atoms with van der Waals surface area (Å²) in [4.78, 5) is 19.3. The Kier molecular flexibility index (Phi) is 3.21. The second-order valence-corrected chi connectivity index (χ2v) is 4.81. The number of carbonyl (C=O) groups excluding carboxylic acids is 1. The Morgan fingerprint density at radius 3 is 2.95 bits per heavy atom. The lowest BCUT2D eigenvalue weighted by Crippen LogP contribution is -2.15. The summed E-state index contributed by atoms with van der Waals surface area (Å²) in [5.41, 5.74) is 3.21. The summed E-state index contributed by atoms with van der Waals surface area (Å²) in [7, 11) is 0. The minimum Gasteiger partial charge on any atom is -0.359 e. The number of aromatic amines is 1. The third-order valence-corrected chi connectivity index (χ3v) is 3.12. The predicted molar refractivity (Wildman–Crippen MR) is 79.6 cm³/mol. The molecule has 4 heteroatoms. The first-order valence-corrected chi connectivity index (χ1v) is 6.50. The second kappa shape index (κ2) is 5.17. The molecule has 0 aliphatic rings. The highest BCUT2D eigenvalue weighted by Crippen LogP contribution is 2.17. The van der Waals surface area contributed by atoms with Crippen LogP contribution in [0.3, 0.4) is 0 Å². The summed E-state index contributed by atoms with van der Waals surface area (Å²) in [6.07, 6.45) is 2.00. The number of carbonyl (C=O) groups is 1. The average molecular weight is 265 g/mol. The van der Waals surface area contributed by atoms with Crippen LogP contribution in [0.25, 0.3) is 10.9 Å². The van der Waals surface area contributed by atoms with Crippen molar-refractivity contribution in [2.75, 3.05) is 5.32 Å². The molecule has 20 heavy (non-hydrogen) atoms. The normalized spacial score (nSPS) is 10.7.